The third-order valence-electron chi connectivity index (χ3n) is 4.24. The Kier molecular flexibility index (Phi) is 7.59. The molecule has 32 heavy (non-hydrogen) atoms. The fourth-order valence-corrected chi connectivity index (χ4v) is 5.93. The van der Waals surface area contributed by atoms with Crippen LogP contribution in [0.3, 0.4) is 0 Å². The Morgan fingerprint density at radius 1 is 1.19 bits per heavy atom. The molecule has 0 amide bonds. The summed E-state index contributed by atoms with van der Waals surface area (Å²) in [6.45, 7) is -0.893. The molecular formula is C11H20N3O15P3. The van der Waals surface area contributed by atoms with E-state index >= 15 is 0 Å². The molecule has 1 aliphatic heterocycles. The van der Waals surface area contributed by atoms with Gasteiger partial charge in [0.1, 0.15) is 17.3 Å². The summed E-state index contributed by atoms with van der Waals surface area (Å²) in [5, 5.41) is 21.2. The van der Waals surface area contributed by atoms with Crippen molar-refractivity contribution in [1.29, 1.82) is 0 Å². The van der Waals surface area contributed by atoms with Crippen molar-refractivity contribution in [1.82, 2.24) is 9.55 Å². The lowest BCUT2D eigenvalue weighted by Crippen LogP contribution is -2.55. The summed E-state index contributed by atoms with van der Waals surface area (Å²) >= 11 is 0. The first-order chi connectivity index (χ1) is 14.3. The number of hydrogen-bond donors (Lipinski definition) is 8. The summed E-state index contributed by atoms with van der Waals surface area (Å²) in [6.07, 6.45) is -2.77. The van der Waals surface area contributed by atoms with Gasteiger partial charge in [-0.15, -0.1) is 0 Å². The lowest BCUT2D eigenvalue weighted by Gasteiger charge is -2.32. The van der Waals surface area contributed by atoms with Crippen LogP contribution in [0.15, 0.2) is 21.9 Å². The number of nitrogens with two attached hydrogens (primary N) is 1. The third kappa shape index (κ3) is 6.08. The first kappa shape index (κ1) is 27.2. The molecule has 2 rings (SSSR count). The van der Waals surface area contributed by atoms with E-state index in [-0.39, 0.29) is 0 Å². The standard InChI is InChI=1S/C11H20N3O15P3/c1-10(18)7(16)11(4-12,27-8(10)14-3-2-6(15)13-9(14)17)5-26-31(22,23)29-32(24,25)28-30(19,20)21/h2-3,7-8,16,18H,4-5,12H2,1H3,(H,22,23)(H,24,25)(H,13,15,17)(H2,19,20,21)/t7-,8?,10+,11+/m0/s1. The molecule has 9 N–H and O–H groups in total. The van der Waals surface area contributed by atoms with Crippen LogP contribution >= 0.6 is 23.5 Å². The van der Waals surface area contributed by atoms with Crippen LogP contribution in [0.25, 0.3) is 0 Å². The Labute approximate surface area is 177 Å². The third-order valence-corrected chi connectivity index (χ3v) is 8.02. The number of ether oxygens (including phenoxy) is 1. The first-order valence-corrected chi connectivity index (χ1v) is 12.7. The Balaban J connectivity index is 2.28. The van der Waals surface area contributed by atoms with E-state index in [1.807, 2.05) is 4.98 Å². The van der Waals surface area contributed by atoms with Gasteiger partial charge in [-0.25, -0.2) is 18.5 Å². The number of hydrogen-bond acceptors (Lipinski definition) is 12. The molecule has 0 saturated carbocycles. The molecule has 0 bridgehead atoms. The van der Waals surface area contributed by atoms with Crippen molar-refractivity contribution in [2.45, 2.75) is 30.5 Å². The van der Waals surface area contributed by atoms with Gasteiger partial charge in [0.05, 0.1) is 6.61 Å². The number of aliphatic hydroxyl groups is 2. The summed E-state index contributed by atoms with van der Waals surface area (Å²) in [5.41, 5.74) is -0.768. The normalized spacial score (nSPS) is 32.4. The number of H-pyrrole nitrogens is 1. The minimum absolute atomic E-state index is 0.687. The van der Waals surface area contributed by atoms with Gasteiger partial charge in [0.15, 0.2) is 6.23 Å². The van der Waals surface area contributed by atoms with Crippen LogP contribution in [0.4, 0.5) is 0 Å². The van der Waals surface area contributed by atoms with Gasteiger partial charge >= 0.3 is 29.2 Å². The molecule has 1 aromatic rings. The highest BCUT2D eigenvalue weighted by Crippen LogP contribution is 2.66. The molecule has 3 unspecified atom stereocenters. The highest BCUT2D eigenvalue weighted by molar-refractivity contribution is 7.66. The van der Waals surface area contributed by atoms with Crippen molar-refractivity contribution in [3.05, 3.63) is 33.1 Å². The van der Waals surface area contributed by atoms with E-state index in [1.54, 1.807) is 0 Å². The van der Waals surface area contributed by atoms with Crippen LogP contribution in [0.2, 0.25) is 0 Å². The summed E-state index contributed by atoms with van der Waals surface area (Å²) in [4.78, 5) is 61.0. The SMILES string of the molecule is C[C@]1(O)C(n2ccc(=O)[nH]c2=O)O[C@](CN)(COP(=O)(O)OP(=O)(O)OP(=O)(O)O)[C@H]1O. The topological polar surface area (TPSA) is 290 Å². The van der Waals surface area contributed by atoms with E-state index in [9.17, 15) is 43.3 Å². The second-order valence-electron chi connectivity index (χ2n) is 6.75. The fourth-order valence-electron chi connectivity index (χ4n) is 2.85. The Bertz CT molecular complexity index is 1110. The number of aromatic nitrogens is 2. The number of aromatic amines is 1. The predicted molar refractivity (Wildman–Crippen MR) is 99.7 cm³/mol. The van der Waals surface area contributed by atoms with Gasteiger partial charge in [0, 0.05) is 18.8 Å². The summed E-state index contributed by atoms with van der Waals surface area (Å²) in [5.74, 6) is 0. The molecule has 1 aromatic heterocycles. The van der Waals surface area contributed by atoms with Gasteiger partial charge in [-0.3, -0.25) is 18.9 Å². The molecule has 0 aliphatic carbocycles. The zero-order chi connectivity index (χ0) is 24.8. The molecule has 184 valence electrons. The van der Waals surface area contributed by atoms with Crippen LogP contribution in [-0.4, -0.2) is 69.8 Å². The van der Waals surface area contributed by atoms with E-state index in [1.165, 1.54) is 0 Å². The molecule has 1 aliphatic rings. The minimum atomic E-state index is -5.80. The monoisotopic (exact) mass is 527 g/mol. The van der Waals surface area contributed by atoms with E-state index in [2.05, 4.69) is 13.1 Å². The van der Waals surface area contributed by atoms with Crippen molar-refractivity contribution in [2.24, 2.45) is 5.73 Å². The zero-order valence-corrected chi connectivity index (χ0v) is 18.6. The second kappa shape index (κ2) is 8.94. The molecular weight excluding hydrogens is 507 g/mol. The summed E-state index contributed by atoms with van der Waals surface area (Å²) in [6, 6.07) is 0.904. The molecule has 0 spiro atoms. The maximum atomic E-state index is 12.0. The highest BCUT2D eigenvalue weighted by atomic mass is 31.3. The fraction of sp³-hybridized carbons (Fsp3) is 0.636. The molecule has 1 saturated heterocycles. The molecule has 0 aromatic carbocycles. The number of nitrogens with zero attached hydrogens (tertiary/aromatic N) is 1. The van der Waals surface area contributed by atoms with Crippen LogP contribution in [0, 0.1) is 0 Å². The van der Waals surface area contributed by atoms with E-state index in [0.717, 1.165) is 19.2 Å². The summed E-state index contributed by atoms with van der Waals surface area (Å²) in [7, 11) is -17.0. The van der Waals surface area contributed by atoms with Gasteiger partial charge in [-0.2, -0.15) is 8.62 Å². The van der Waals surface area contributed by atoms with Crippen molar-refractivity contribution in [3.63, 3.8) is 0 Å². The highest BCUT2D eigenvalue weighted by Gasteiger charge is 2.62. The van der Waals surface area contributed by atoms with E-state index in [0.29, 0.717) is 4.57 Å². The summed E-state index contributed by atoms with van der Waals surface area (Å²) < 4.78 is 51.7. The van der Waals surface area contributed by atoms with Crippen LogP contribution in [0.1, 0.15) is 13.2 Å². The molecule has 6 atom stereocenters. The maximum Gasteiger partial charge on any atom is 0.490 e. The lowest BCUT2D eigenvalue weighted by atomic mass is 9.88. The number of nitrogens with one attached hydrogen (secondary N) is 1. The number of rotatable bonds is 9. The number of phosphoric acid groups is 3. The van der Waals surface area contributed by atoms with E-state index in [4.69, 9.17) is 20.3 Å². The molecule has 0 radical (unpaired) electrons. The Morgan fingerprint density at radius 2 is 1.78 bits per heavy atom. The zero-order valence-electron chi connectivity index (χ0n) is 15.9. The van der Waals surface area contributed by atoms with Crippen molar-refractivity contribution < 1.29 is 61.4 Å². The Morgan fingerprint density at radius 3 is 2.28 bits per heavy atom. The lowest BCUT2D eigenvalue weighted by molar-refractivity contribution is -0.125. The van der Waals surface area contributed by atoms with Crippen LogP contribution in [0.5, 0.6) is 0 Å². The van der Waals surface area contributed by atoms with Gasteiger partial charge in [0.2, 0.25) is 0 Å². The molecule has 1 fully saturated rings. The van der Waals surface area contributed by atoms with Gasteiger partial charge in [-0.1, -0.05) is 0 Å². The first-order valence-electron chi connectivity index (χ1n) is 8.22. The average molecular weight is 527 g/mol. The molecule has 2 heterocycles. The van der Waals surface area contributed by atoms with Crippen molar-refractivity contribution in [3.8, 4) is 0 Å². The van der Waals surface area contributed by atoms with E-state index < -0.39 is 71.4 Å². The number of aliphatic hydroxyl groups excluding tert-OH is 1. The van der Waals surface area contributed by atoms with Crippen molar-refractivity contribution in [2.75, 3.05) is 13.2 Å². The molecule has 21 heteroatoms. The minimum Gasteiger partial charge on any atom is -0.387 e. The van der Waals surface area contributed by atoms with Gasteiger partial charge in [0.25, 0.3) is 5.56 Å². The van der Waals surface area contributed by atoms with Crippen molar-refractivity contribution >= 4 is 23.5 Å². The predicted octanol–water partition coefficient (Wildman–Crippen LogP) is -2.78. The van der Waals surface area contributed by atoms with Crippen LogP contribution in [-0.2, 0) is 31.6 Å². The van der Waals surface area contributed by atoms with Gasteiger partial charge in [-0.05, 0) is 6.92 Å². The maximum absolute atomic E-state index is 12.0. The average Bonchev–Trinajstić information content (AvgIpc) is 2.78. The second-order valence-corrected chi connectivity index (χ2v) is 11.2. The smallest absolute Gasteiger partial charge is 0.387 e. The molecule has 18 nitrogen and oxygen atoms in total. The Hall–Kier alpha value is -1.07. The number of phosphoric ester groups is 1. The quantitative estimate of drug-likeness (QED) is 0.151. The largest absolute Gasteiger partial charge is 0.490 e. The van der Waals surface area contributed by atoms with Crippen LogP contribution < -0.4 is 17.0 Å². The van der Waals surface area contributed by atoms with Gasteiger partial charge < -0.3 is 40.3 Å².